The Morgan fingerprint density at radius 2 is 0.871 bits per heavy atom. The summed E-state index contributed by atoms with van der Waals surface area (Å²) in [5, 5.41) is 0. The summed E-state index contributed by atoms with van der Waals surface area (Å²) >= 11 is 0. The molecule has 0 saturated heterocycles. The first kappa shape index (κ1) is 19.2. The molecule has 4 aromatic carbocycles. The Morgan fingerprint density at radius 1 is 0.516 bits per heavy atom. The molecule has 0 fully saturated rings. The molecule has 0 bridgehead atoms. The van der Waals surface area contributed by atoms with Crippen LogP contribution in [0.1, 0.15) is 56.8 Å². The van der Waals surface area contributed by atoms with Gasteiger partial charge in [0.05, 0.1) is 5.41 Å². The van der Waals surface area contributed by atoms with Crippen LogP contribution in [0.15, 0.2) is 97.1 Å². The monoisotopic (exact) mass is 402 g/mol. The Balaban J connectivity index is 1.86. The molecule has 0 saturated carbocycles. The minimum Gasteiger partial charge on any atom is -0.295 e. The van der Waals surface area contributed by atoms with Gasteiger partial charge in [0.25, 0.3) is 0 Å². The molecule has 5 rings (SSSR count). The van der Waals surface area contributed by atoms with Crippen LogP contribution in [0.5, 0.6) is 0 Å². The zero-order valence-corrected chi connectivity index (χ0v) is 17.6. The molecule has 0 unspecified atom stereocenters. The molecule has 0 aromatic heterocycles. The molecule has 31 heavy (non-hydrogen) atoms. The highest BCUT2D eigenvalue weighted by Crippen LogP contribution is 2.55. The maximum Gasteiger partial charge on any atom is 0.159 e. The van der Waals surface area contributed by atoms with Crippen molar-refractivity contribution in [2.24, 2.45) is 0 Å². The predicted octanol–water partition coefficient (Wildman–Crippen LogP) is 6.45. The molecular formula is C29H22O2. The Morgan fingerprint density at radius 3 is 1.23 bits per heavy atom. The average Bonchev–Trinajstić information content (AvgIpc) is 3.11. The van der Waals surface area contributed by atoms with Crippen LogP contribution in [0.3, 0.4) is 0 Å². The lowest BCUT2D eigenvalue weighted by Crippen LogP contribution is -2.28. The second-order valence-corrected chi connectivity index (χ2v) is 8.11. The van der Waals surface area contributed by atoms with Crippen LogP contribution in [0, 0.1) is 0 Å². The molecule has 0 N–H and O–H groups in total. The van der Waals surface area contributed by atoms with Gasteiger partial charge in [-0.3, -0.25) is 9.59 Å². The van der Waals surface area contributed by atoms with Crippen LogP contribution < -0.4 is 0 Å². The van der Waals surface area contributed by atoms with Crippen LogP contribution >= 0.6 is 0 Å². The molecule has 1 aliphatic carbocycles. The fourth-order valence-electron chi connectivity index (χ4n) is 4.93. The Bertz CT molecular complexity index is 1210. The lowest BCUT2D eigenvalue weighted by Gasteiger charge is -2.34. The van der Waals surface area contributed by atoms with Gasteiger partial charge in [0.15, 0.2) is 11.6 Å². The molecule has 2 nitrogen and oxygen atoms in total. The van der Waals surface area contributed by atoms with Crippen molar-refractivity contribution in [3.8, 4) is 11.1 Å². The number of hydrogen-bond acceptors (Lipinski definition) is 2. The normalized spacial score (nSPS) is 13.4. The van der Waals surface area contributed by atoms with Crippen molar-refractivity contribution in [3.63, 3.8) is 0 Å². The highest BCUT2D eigenvalue weighted by molar-refractivity contribution is 5.95. The van der Waals surface area contributed by atoms with Crippen molar-refractivity contribution in [1.82, 2.24) is 0 Å². The Labute approximate surface area is 182 Å². The third kappa shape index (κ3) is 2.79. The number of carbonyl (C=O) groups is 2. The van der Waals surface area contributed by atoms with Crippen molar-refractivity contribution in [2.45, 2.75) is 19.3 Å². The average molecular weight is 402 g/mol. The molecule has 2 heteroatoms. The van der Waals surface area contributed by atoms with Crippen molar-refractivity contribution in [3.05, 3.63) is 130 Å². The van der Waals surface area contributed by atoms with E-state index in [-0.39, 0.29) is 11.6 Å². The lowest BCUT2D eigenvalue weighted by atomic mass is 9.67. The van der Waals surface area contributed by atoms with Gasteiger partial charge >= 0.3 is 0 Å². The quantitative estimate of drug-likeness (QED) is 0.324. The van der Waals surface area contributed by atoms with Crippen molar-refractivity contribution >= 4 is 11.6 Å². The van der Waals surface area contributed by atoms with Gasteiger partial charge in [0.1, 0.15) is 0 Å². The summed E-state index contributed by atoms with van der Waals surface area (Å²) in [7, 11) is 0. The summed E-state index contributed by atoms with van der Waals surface area (Å²) in [5.41, 5.74) is 7.93. The molecule has 1 aliphatic rings. The van der Waals surface area contributed by atoms with Crippen molar-refractivity contribution in [2.75, 3.05) is 0 Å². The number of fused-ring (bicyclic) bond motifs is 3. The molecule has 0 radical (unpaired) electrons. The minimum absolute atomic E-state index is 0.0543. The first-order valence-electron chi connectivity index (χ1n) is 10.5. The van der Waals surface area contributed by atoms with Crippen LogP contribution in [0.4, 0.5) is 0 Å². The van der Waals surface area contributed by atoms with E-state index in [4.69, 9.17) is 0 Å². The first-order chi connectivity index (χ1) is 15.0. The van der Waals surface area contributed by atoms with E-state index in [1.165, 1.54) is 22.3 Å². The number of carbonyl (C=O) groups excluding carboxylic acids is 2. The van der Waals surface area contributed by atoms with E-state index in [0.29, 0.717) is 11.1 Å². The van der Waals surface area contributed by atoms with Gasteiger partial charge in [-0.1, -0.05) is 97.1 Å². The molecule has 0 heterocycles. The Hall–Kier alpha value is -3.78. The van der Waals surface area contributed by atoms with Crippen LogP contribution in [-0.4, -0.2) is 11.6 Å². The highest BCUT2D eigenvalue weighted by atomic mass is 16.1. The van der Waals surface area contributed by atoms with Gasteiger partial charge in [-0.05, 0) is 47.2 Å². The van der Waals surface area contributed by atoms with Gasteiger partial charge in [-0.25, -0.2) is 0 Å². The van der Waals surface area contributed by atoms with E-state index >= 15 is 0 Å². The van der Waals surface area contributed by atoms with Crippen molar-refractivity contribution < 1.29 is 9.59 Å². The summed E-state index contributed by atoms with van der Waals surface area (Å²) in [6, 6.07) is 32.9. The third-order valence-electron chi connectivity index (χ3n) is 6.40. The van der Waals surface area contributed by atoms with E-state index in [1.54, 1.807) is 13.8 Å². The van der Waals surface area contributed by atoms with E-state index in [0.717, 1.165) is 11.1 Å². The minimum atomic E-state index is -0.516. The summed E-state index contributed by atoms with van der Waals surface area (Å²) in [4.78, 5) is 23.8. The molecule has 0 atom stereocenters. The number of hydrogen-bond donors (Lipinski definition) is 0. The summed E-state index contributed by atoms with van der Waals surface area (Å²) in [6.07, 6.45) is 0. The maximum atomic E-state index is 11.9. The number of ketones is 2. The van der Waals surface area contributed by atoms with Crippen molar-refractivity contribution in [1.29, 1.82) is 0 Å². The maximum absolute atomic E-state index is 11.9. The molecule has 4 aromatic rings. The zero-order valence-electron chi connectivity index (χ0n) is 17.6. The van der Waals surface area contributed by atoms with Crippen LogP contribution in [-0.2, 0) is 5.41 Å². The fourth-order valence-corrected chi connectivity index (χ4v) is 4.93. The summed E-state index contributed by atoms with van der Waals surface area (Å²) in [6.45, 7) is 3.18. The molecule has 0 aliphatic heterocycles. The third-order valence-corrected chi connectivity index (χ3v) is 6.40. The lowest BCUT2D eigenvalue weighted by molar-refractivity contribution is 0.100. The largest absolute Gasteiger partial charge is 0.295 e. The smallest absolute Gasteiger partial charge is 0.159 e. The SMILES string of the molecule is CC(=O)c1ccc(C2(c3ccc(C(C)=O)cc3)c3ccccc3-c3ccccc32)cc1. The topological polar surface area (TPSA) is 34.1 Å². The van der Waals surface area contributed by atoms with Gasteiger partial charge < -0.3 is 0 Å². The summed E-state index contributed by atoms with van der Waals surface area (Å²) < 4.78 is 0. The highest BCUT2D eigenvalue weighted by Gasteiger charge is 2.45. The van der Waals surface area contributed by atoms with E-state index in [1.807, 2.05) is 24.3 Å². The Kier molecular flexibility index (Phi) is 4.44. The van der Waals surface area contributed by atoms with E-state index in [9.17, 15) is 9.59 Å². The van der Waals surface area contributed by atoms with Gasteiger partial charge in [0.2, 0.25) is 0 Å². The molecule has 0 spiro atoms. The number of benzene rings is 4. The number of Topliss-reactive ketones (excluding diaryl/α,β-unsaturated/α-hetero) is 2. The van der Waals surface area contributed by atoms with Crippen LogP contribution in [0.25, 0.3) is 11.1 Å². The zero-order chi connectivity index (χ0) is 21.6. The fraction of sp³-hybridized carbons (Fsp3) is 0.103. The standard InChI is InChI=1S/C29H22O2/c1-19(30)21-11-15-23(16-12-21)29(24-17-13-22(14-18-24)20(2)31)27-9-5-3-7-25(27)26-8-4-6-10-28(26)29/h3-18H,1-2H3. The first-order valence-corrected chi connectivity index (χ1v) is 10.5. The molecule has 150 valence electrons. The number of rotatable bonds is 4. The van der Waals surface area contributed by atoms with Gasteiger partial charge in [-0.15, -0.1) is 0 Å². The second kappa shape index (κ2) is 7.17. The van der Waals surface area contributed by atoms with E-state index in [2.05, 4.69) is 72.8 Å². The second-order valence-electron chi connectivity index (χ2n) is 8.11. The van der Waals surface area contributed by atoms with Gasteiger partial charge in [0, 0.05) is 11.1 Å². The summed E-state index contributed by atoms with van der Waals surface area (Å²) in [5.74, 6) is 0.109. The van der Waals surface area contributed by atoms with E-state index < -0.39 is 5.41 Å². The predicted molar refractivity (Wildman–Crippen MR) is 124 cm³/mol. The molecule has 0 amide bonds. The van der Waals surface area contributed by atoms with Gasteiger partial charge in [-0.2, -0.15) is 0 Å². The van der Waals surface area contributed by atoms with Crippen LogP contribution in [0.2, 0.25) is 0 Å². The molecular weight excluding hydrogens is 380 g/mol.